The second kappa shape index (κ2) is 6.30. The highest BCUT2D eigenvalue weighted by Crippen LogP contribution is 2.25. The first kappa shape index (κ1) is 16.2. The van der Waals surface area contributed by atoms with Crippen LogP contribution < -0.4 is 0 Å². The molecule has 0 radical (unpaired) electrons. The molecule has 0 saturated carbocycles. The summed E-state index contributed by atoms with van der Waals surface area (Å²) >= 11 is 0. The van der Waals surface area contributed by atoms with Crippen LogP contribution in [0.4, 0.5) is 0 Å². The van der Waals surface area contributed by atoms with Crippen LogP contribution in [0, 0.1) is 0 Å². The number of ether oxygens (including phenoxy) is 1. The van der Waals surface area contributed by atoms with Crippen molar-refractivity contribution in [2.45, 2.75) is 46.1 Å². The summed E-state index contributed by atoms with van der Waals surface area (Å²) in [5, 5.41) is 2.03. The number of esters is 1. The number of benzene rings is 2. The molecular formula is C19H22O3. The predicted molar refractivity (Wildman–Crippen MR) is 87.9 cm³/mol. The van der Waals surface area contributed by atoms with Gasteiger partial charge in [-0.05, 0) is 49.6 Å². The van der Waals surface area contributed by atoms with Crippen molar-refractivity contribution < 1.29 is 14.3 Å². The second-order valence-corrected chi connectivity index (χ2v) is 6.57. The van der Waals surface area contributed by atoms with E-state index in [-0.39, 0.29) is 18.2 Å². The van der Waals surface area contributed by atoms with Crippen LogP contribution in [-0.4, -0.2) is 17.4 Å². The molecule has 0 spiro atoms. The van der Waals surface area contributed by atoms with Crippen LogP contribution in [0.25, 0.3) is 10.8 Å². The molecule has 0 atom stereocenters. The van der Waals surface area contributed by atoms with Crippen molar-refractivity contribution in [1.82, 2.24) is 0 Å². The van der Waals surface area contributed by atoms with Gasteiger partial charge in [0.05, 0.1) is 6.42 Å². The highest BCUT2D eigenvalue weighted by atomic mass is 16.6. The highest BCUT2D eigenvalue weighted by molar-refractivity contribution is 5.94. The van der Waals surface area contributed by atoms with E-state index in [1.807, 2.05) is 57.2 Å². The van der Waals surface area contributed by atoms with E-state index >= 15 is 0 Å². The molecule has 116 valence electrons. The fourth-order valence-corrected chi connectivity index (χ4v) is 2.60. The van der Waals surface area contributed by atoms with Crippen molar-refractivity contribution in [3.05, 3.63) is 47.5 Å². The monoisotopic (exact) mass is 298 g/mol. The largest absolute Gasteiger partial charge is 0.460 e. The second-order valence-electron chi connectivity index (χ2n) is 6.57. The van der Waals surface area contributed by atoms with Gasteiger partial charge >= 0.3 is 5.97 Å². The molecule has 0 saturated heterocycles. The lowest BCUT2D eigenvalue weighted by molar-refractivity contribution is -0.153. The summed E-state index contributed by atoms with van der Waals surface area (Å²) in [6.45, 7) is 7.15. The van der Waals surface area contributed by atoms with Crippen LogP contribution in [0.3, 0.4) is 0 Å². The van der Waals surface area contributed by atoms with E-state index in [2.05, 4.69) is 0 Å². The summed E-state index contributed by atoms with van der Waals surface area (Å²) in [6.07, 6.45) is 0.589. The van der Waals surface area contributed by atoms with Crippen LogP contribution in [0.15, 0.2) is 36.4 Å². The Labute approximate surface area is 131 Å². The molecule has 0 aliphatic carbocycles. The van der Waals surface area contributed by atoms with Gasteiger partial charge in [0, 0.05) is 6.42 Å². The Morgan fingerprint density at radius 3 is 2.00 bits per heavy atom. The van der Waals surface area contributed by atoms with E-state index in [1.54, 1.807) is 6.92 Å². The lowest BCUT2D eigenvalue weighted by Gasteiger charge is -2.20. The van der Waals surface area contributed by atoms with E-state index in [0.29, 0.717) is 6.42 Å². The molecule has 0 aliphatic rings. The third-order valence-electron chi connectivity index (χ3n) is 3.27. The van der Waals surface area contributed by atoms with Gasteiger partial charge in [-0.2, -0.15) is 0 Å². The number of rotatable bonds is 4. The molecule has 2 aromatic rings. The zero-order valence-corrected chi connectivity index (χ0v) is 13.6. The van der Waals surface area contributed by atoms with Crippen molar-refractivity contribution in [3.63, 3.8) is 0 Å². The average molecular weight is 298 g/mol. The van der Waals surface area contributed by atoms with Gasteiger partial charge in [-0.25, -0.2) is 0 Å². The number of ketones is 1. The minimum atomic E-state index is -0.496. The molecule has 0 amide bonds. The standard InChI is InChI=1S/C19H22O3/c1-13(20)11-15-9-5-7-14-8-6-10-16(18(14)15)12-17(21)22-19(2,3)4/h5-10H,11-12H2,1-4H3. The summed E-state index contributed by atoms with van der Waals surface area (Å²) in [4.78, 5) is 23.6. The van der Waals surface area contributed by atoms with Crippen LogP contribution in [0.1, 0.15) is 38.8 Å². The van der Waals surface area contributed by atoms with Gasteiger partial charge in [-0.15, -0.1) is 0 Å². The van der Waals surface area contributed by atoms with Crippen molar-refractivity contribution in [1.29, 1.82) is 0 Å². The zero-order valence-electron chi connectivity index (χ0n) is 13.6. The fourth-order valence-electron chi connectivity index (χ4n) is 2.60. The highest BCUT2D eigenvalue weighted by Gasteiger charge is 2.18. The van der Waals surface area contributed by atoms with E-state index in [0.717, 1.165) is 21.9 Å². The van der Waals surface area contributed by atoms with E-state index in [4.69, 9.17) is 4.74 Å². The molecule has 22 heavy (non-hydrogen) atoms. The predicted octanol–water partition coefficient (Wildman–Crippen LogP) is 3.86. The third kappa shape index (κ3) is 4.17. The summed E-state index contributed by atoms with van der Waals surface area (Å²) < 4.78 is 5.41. The molecule has 0 heterocycles. The molecule has 0 aliphatic heterocycles. The Morgan fingerprint density at radius 1 is 0.955 bits per heavy atom. The van der Waals surface area contributed by atoms with Gasteiger partial charge in [0.25, 0.3) is 0 Å². The van der Waals surface area contributed by atoms with Gasteiger partial charge in [0.1, 0.15) is 11.4 Å². The van der Waals surface area contributed by atoms with Gasteiger partial charge < -0.3 is 4.74 Å². The molecule has 2 rings (SSSR count). The van der Waals surface area contributed by atoms with Crippen LogP contribution in [0.5, 0.6) is 0 Å². The molecule has 0 fully saturated rings. The molecule has 0 aromatic heterocycles. The summed E-state index contributed by atoms with van der Waals surface area (Å²) in [6, 6.07) is 11.7. The van der Waals surface area contributed by atoms with Crippen molar-refractivity contribution in [2.75, 3.05) is 0 Å². The smallest absolute Gasteiger partial charge is 0.310 e. The molecule has 0 unspecified atom stereocenters. The fraction of sp³-hybridized carbons (Fsp3) is 0.368. The quantitative estimate of drug-likeness (QED) is 0.805. The normalized spacial score (nSPS) is 11.5. The Hall–Kier alpha value is -2.16. The first-order valence-corrected chi connectivity index (χ1v) is 7.47. The number of carbonyl (C=O) groups excluding carboxylic acids is 2. The van der Waals surface area contributed by atoms with Crippen LogP contribution in [0.2, 0.25) is 0 Å². The SMILES string of the molecule is CC(=O)Cc1cccc2cccc(CC(=O)OC(C)(C)C)c12. The minimum absolute atomic E-state index is 0.111. The Kier molecular flexibility index (Phi) is 4.65. The lowest BCUT2D eigenvalue weighted by atomic mass is 9.95. The van der Waals surface area contributed by atoms with Crippen molar-refractivity contribution in [3.8, 4) is 0 Å². The maximum absolute atomic E-state index is 12.1. The van der Waals surface area contributed by atoms with Gasteiger partial charge in [-0.1, -0.05) is 36.4 Å². The maximum atomic E-state index is 12.1. The van der Waals surface area contributed by atoms with E-state index < -0.39 is 5.60 Å². The van der Waals surface area contributed by atoms with Gasteiger partial charge in [0.2, 0.25) is 0 Å². The first-order valence-electron chi connectivity index (χ1n) is 7.47. The molecular weight excluding hydrogens is 276 g/mol. The number of hydrogen-bond acceptors (Lipinski definition) is 3. The first-order chi connectivity index (χ1) is 10.3. The van der Waals surface area contributed by atoms with Crippen molar-refractivity contribution in [2.24, 2.45) is 0 Å². The number of carbonyl (C=O) groups is 2. The van der Waals surface area contributed by atoms with Crippen LogP contribution in [-0.2, 0) is 27.2 Å². The minimum Gasteiger partial charge on any atom is -0.460 e. The average Bonchev–Trinajstić information content (AvgIpc) is 2.36. The lowest BCUT2D eigenvalue weighted by Crippen LogP contribution is -2.25. The van der Waals surface area contributed by atoms with Crippen molar-refractivity contribution >= 4 is 22.5 Å². The maximum Gasteiger partial charge on any atom is 0.310 e. The van der Waals surface area contributed by atoms with Gasteiger partial charge in [-0.3, -0.25) is 9.59 Å². The van der Waals surface area contributed by atoms with E-state index in [9.17, 15) is 9.59 Å². The Morgan fingerprint density at radius 2 is 1.50 bits per heavy atom. The Bertz CT molecular complexity index is 703. The third-order valence-corrected chi connectivity index (χ3v) is 3.27. The summed E-state index contributed by atoms with van der Waals surface area (Å²) in [7, 11) is 0. The molecule has 0 N–H and O–H groups in total. The molecule has 0 bridgehead atoms. The summed E-state index contributed by atoms with van der Waals surface area (Å²) in [5.74, 6) is -0.141. The molecule has 3 heteroatoms. The molecule has 3 nitrogen and oxygen atoms in total. The number of fused-ring (bicyclic) bond motifs is 1. The van der Waals surface area contributed by atoms with Gasteiger partial charge in [0.15, 0.2) is 0 Å². The number of Topliss-reactive ketones (excluding diaryl/α,β-unsaturated/α-hetero) is 1. The molecule has 2 aromatic carbocycles. The van der Waals surface area contributed by atoms with E-state index in [1.165, 1.54) is 0 Å². The number of hydrogen-bond donors (Lipinski definition) is 0. The topological polar surface area (TPSA) is 43.4 Å². The zero-order chi connectivity index (χ0) is 16.3. The van der Waals surface area contributed by atoms with Crippen LogP contribution >= 0.6 is 0 Å². The summed E-state index contributed by atoms with van der Waals surface area (Å²) in [5.41, 5.74) is 1.37. The Balaban J connectivity index is 2.41.